The zero-order valence-corrected chi connectivity index (χ0v) is 17.1. The van der Waals surface area contributed by atoms with Crippen LogP contribution >= 0.6 is 11.8 Å². The number of nitrogens with zero attached hydrogens (tertiary/aromatic N) is 3. The molecular weight excluding hydrogens is 404 g/mol. The second kappa shape index (κ2) is 7.75. The van der Waals surface area contributed by atoms with Crippen molar-refractivity contribution in [1.82, 2.24) is 10.1 Å². The average Bonchev–Trinajstić information content (AvgIpc) is 2.77. The van der Waals surface area contributed by atoms with E-state index in [1.165, 1.54) is 23.9 Å². The van der Waals surface area contributed by atoms with Gasteiger partial charge in [-0.25, -0.2) is 9.69 Å². The molecule has 9 heteroatoms. The number of amides is 1. The molecular formula is C21H19N4O4S+. The van der Waals surface area contributed by atoms with Gasteiger partial charge in [-0.1, -0.05) is 30.8 Å². The molecule has 1 aromatic heterocycles. The number of thioether (sulfide) groups is 1. The van der Waals surface area contributed by atoms with Crippen LogP contribution in [0.2, 0.25) is 0 Å². The molecule has 0 spiro atoms. The molecule has 0 radical (unpaired) electrons. The smallest absolute Gasteiger partial charge is 0.335 e. The molecule has 0 saturated carbocycles. The Morgan fingerprint density at radius 1 is 1.20 bits per heavy atom. The minimum atomic E-state index is -1.04. The van der Waals surface area contributed by atoms with Crippen molar-refractivity contribution in [1.29, 1.82) is 0 Å². The van der Waals surface area contributed by atoms with Gasteiger partial charge in [-0.15, -0.1) is 0 Å². The van der Waals surface area contributed by atoms with Gasteiger partial charge in [0.05, 0.1) is 16.8 Å². The summed E-state index contributed by atoms with van der Waals surface area (Å²) in [5, 5.41) is 14.2. The van der Waals surface area contributed by atoms with Gasteiger partial charge in [-0.3, -0.25) is 14.6 Å². The molecule has 8 nitrogen and oxygen atoms in total. The molecule has 0 aliphatic carbocycles. The van der Waals surface area contributed by atoms with Gasteiger partial charge in [0.1, 0.15) is 0 Å². The lowest BCUT2D eigenvalue weighted by Crippen LogP contribution is -2.60. The molecule has 0 unspecified atom stereocenters. The molecule has 1 atom stereocenters. The van der Waals surface area contributed by atoms with Crippen molar-refractivity contribution >= 4 is 29.3 Å². The lowest BCUT2D eigenvalue weighted by Gasteiger charge is -2.32. The number of fused-ring (bicyclic) bond motifs is 3. The van der Waals surface area contributed by atoms with Crippen molar-refractivity contribution in [3.63, 3.8) is 0 Å². The van der Waals surface area contributed by atoms with E-state index in [-0.39, 0.29) is 23.5 Å². The second-order valence-electron chi connectivity index (χ2n) is 6.69. The van der Waals surface area contributed by atoms with Crippen molar-refractivity contribution < 1.29 is 19.4 Å². The van der Waals surface area contributed by atoms with Gasteiger partial charge in [-0.05, 0) is 47.3 Å². The number of para-hydroxylation sites is 1. The minimum Gasteiger partial charge on any atom is -0.478 e. The Bertz CT molecular complexity index is 1210. The van der Waals surface area contributed by atoms with Crippen LogP contribution in [0.1, 0.15) is 35.4 Å². The van der Waals surface area contributed by atoms with Crippen LogP contribution in [-0.2, 0) is 4.79 Å². The van der Waals surface area contributed by atoms with Gasteiger partial charge in [0, 0.05) is 17.1 Å². The first-order chi connectivity index (χ1) is 14.5. The number of carboxylic acid groups (broad SMARTS) is 1. The maximum absolute atomic E-state index is 13.0. The van der Waals surface area contributed by atoms with E-state index in [1.54, 1.807) is 47.0 Å². The van der Waals surface area contributed by atoms with E-state index in [1.807, 2.05) is 12.1 Å². The van der Waals surface area contributed by atoms with Crippen LogP contribution < -0.4 is 15.1 Å². The maximum Gasteiger partial charge on any atom is 0.335 e. The van der Waals surface area contributed by atoms with Crippen LogP contribution in [-0.4, -0.2) is 33.3 Å². The standard InChI is InChI=1S/C21H18N4O4S/c1-3-16(26)24-15-7-5-4-6-14(15)17-18(27)22-21(30-2)23-25(17)19(24)12-8-10-13(11-9-12)20(28)29/h4-11,19H,3H2,1-2H3,(H-,22,23,27,28,29)/p+1/t19-/m1/s1. The molecule has 0 fully saturated rings. The molecule has 152 valence electrons. The largest absolute Gasteiger partial charge is 0.478 e. The molecule has 2 aromatic carbocycles. The van der Waals surface area contributed by atoms with Crippen LogP contribution in [0.3, 0.4) is 0 Å². The zero-order chi connectivity index (χ0) is 21.4. The van der Waals surface area contributed by atoms with E-state index in [0.29, 0.717) is 27.7 Å². The fraction of sp³-hybridized carbons (Fsp3) is 0.190. The van der Waals surface area contributed by atoms with Crippen LogP contribution in [0.15, 0.2) is 58.5 Å². The molecule has 1 aliphatic rings. The van der Waals surface area contributed by atoms with Crippen molar-refractivity contribution in [2.45, 2.75) is 24.7 Å². The molecule has 3 aromatic rings. The quantitative estimate of drug-likeness (QED) is 0.493. The number of anilines is 1. The first-order valence-electron chi connectivity index (χ1n) is 9.31. The maximum atomic E-state index is 13.0. The summed E-state index contributed by atoms with van der Waals surface area (Å²) in [6.07, 6.45) is 1.33. The highest BCUT2D eigenvalue weighted by atomic mass is 32.2. The molecule has 1 amide bonds. The zero-order valence-electron chi connectivity index (χ0n) is 16.3. The van der Waals surface area contributed by atoms with Crippen molar-refractivity contribution in [2.75, 3.05) is 11.2 Å². The van der Waals surface area contributed by atoms with Crippen LogP contribution in [0.4, 0.5) is 5.69 Å². The van der Waals surface area contributed by atoms with Crippen LogP contribution in [0.25, 0.3) is 11.3 Å². The summed E-state index contributed by atoms with van der Waals surface area (Å²) < 4.78 is 1.55. The summed E-state index contributed by atoms with van der Waals surface area (Å²) in [6, 6.07) is 13.5. The first-order valence-corrected chi connectivity index (χ1v) is 10.5. The van der Waals surface area contributed by atoms with Gasteiger partial charge in [0.15, 0.2) is 0 Å². The van der Waals surface area contributed by atoms with Crippen molar-refractivity contribution in [2.24, 2.45) is 0 Å². The van der Waals surface area contributed by atoms with Crippen molar-refractivity contribution in [3.05, 3.63) is 70.0 Å². The third kappa shape index (κ3) is 3.17. The molecule has 2 N–H and O–H groups in total. The van der Waals surface area contributed by atoms with Gasteiger partial charge in [0.2, 0.25) is 11.1 Å². The summed E-state index contributed by atoms with van der Waals surface area (Å²) in [7, 11) is 0. The molecule has 1 aliphatic heterocycles. The summed E-state index contributed by atoms with van der Waals surface area (Å²) in [4.78, 5) is 41.7. The predicted molar refractivity (Wildman–Crippen MR) is 112 cm³/mol. The molecule has 30 heavy (non-hydrogen) atoms. The van der Waals surface area contributed by atoms with E-state index >= 15 is 0 Å². The number of H-pyrrole nitrogens is 1. The number of nitrogens with one attached hydrogen (secondary N) is 1. The Morgan fingerprint density at radius 3 is 2.53 bits per heavy atom. The van der Waals surface area contributed by atoms with E-state index < -0.39 is 12.1 Å². The van der Waals surface area contributed by atoms with E-state index in [4.69, 9.17) is 0 Å². The monoisotopic (exact) mass is 423 g/mol. The summed E-state index contributed by atoms with van der Waals surface area (Å²) in [5.74, 6) is -1.18. The minimum absolute atomic E-state index is 0.136. The third-order valence-corrected chi connectivity index (χ3v) is 5.55. The third-order valence-electron chi connectivity index (χ3n) is 4.98. The van der Waals surface area contributed by atoms with E-state index in [0.717, 1.165) is 0 Å². The summed E-state index contributed by atoms with van der Waals surface area (Å²) in [6.45, 7) is 1.77. The van der Waals surface area contributed by atoms with Crippen molar-refractivity contribution in [3.8, 4) is 11.3 Å². The number of hydrogen-bond donors (Lipinski definition) is 2. The number of carbonyl (C=O) groups excluding carboxylic acids is 1. The van der Waals surface area contributed by atoms with Gasteiger partial charge in [0.25, 0.3) is 6.17 Å². The van der Waals surface area contributed by atoms with Crippen LogP contribution in [0, 0.1) is 0 Å². The van der Waals surface area contributed by atoms with Gasteiger partial charge >= 0.3 is 17.2 Å². The molecule has 0 saturated heterocycles. The Kier molecular flexibility index (Phi) is 5.13. The fourth-order valence-corrected chi connectivity index (χ4v) is 3.97. The fourth-order valence-electron chi connectivity index (χ4n) is 3.60. The normalized spacial score (nSPS) is 14.7. The number of rotatable bonds is 4. The number of hydrogen-bond acceptors (Lipinski definition) is 5. The lowest BCUT2D eigenvalue weighted by atomic mass is 10.0. The molecule has 2 heterocycles. The number of aromatic nitrogens is 3. The topological polar surface area (TPSA) is 107 Å². The Balaban J connectivity index is 2.04. The second-order valence-corrected chi connectivity index (χ2v) is 7.49. The summed E-state index contributed by atoms with van der Waals surface area (Å²) in [5.41, 5.74) is 2.04. The van der Waals surface area contributed by atoms with Gasteiger partial charge in [-0.2, -0.15) is 0 Å². The highest BCUT2D eigenvalue weighted by molar-refractivity contribution is 7.98. The number of carbonyl (C=O) groups is 2. The average molecular weight is 423 g/mol. The molecule has 0 bridgehead atoms. The number of aromatic amines is 1. The highest BCUT2D eigenvalue weighted by Crippen LogP contribution is 2.37. The highest BCUT2D eigenvalue weighted by Gasteiger charge is 2.45. The van der Waals surface area contributed by atoms with Crippen LogP contribution in [0.5, 0.6) is 0 Å². The Hall–Kier alpha value is -3.46. The lowest BCUT2D eigenvalue weighted by molar-refractivity contribution is -0.763. The van der Waals surface area contributed by atoms with E-state index in [9.17, 15) is 19.5 Å². The Labute approximate surface area is 176 Å². The number of carboxylic acids is 1. The summed E-state index contributed by atoms with van der Waals surface area (Å²) >= 11 is 1.29. The first kappa shape index (κ1) is 19.8. The molecule has 4 rings (SSSR count). The number of benzene rings is 2. The van der Waals surface area contributed by atoms with Gasteiger partial charge < -0.3 is 5.11 Å². The van der Waals surface area contributed by atoms with E-state index in [2.05, 4.69) is 10.1 Å². The number of aromatic carboxylic acids is 1. The SMILES string of the molecule is CCC(=O)N1c2ccccc2-c2c(=O)[nH]c(SC)n[n+]2[C@@H]1c1ccc(C(=O)O)cc1. The Morgan fingerprint density at radius 2 is 1.90 bits per heavy atom. The predicted octanol–water partition coefficient (Wildman–Crippen LogP) is 2.45.